The van der Waals surface area contributed by atoms with Gasteiger partial charge in [-0.15, -0.1) is 0 Å². The molecule has 0 saturated heterocycles. The minimum atomic E-state index is -3.31. The van der Waals surface area contributed by atoms with E-state index < -0.39 is 23.8 Å². The molecule has 0 heterocycles. The molecule has 0 radical (unpaired) electrons. The smallest absolute Gasteiger partial charge is 0.264 e. The van der Waals surface area contributed by atoms with Crippen molar-refractivity contribution in [2.45, 2.75) is 63.4 Å². The van der Waals surface area contributed by atoms with Crippen LogP contribution in [0.1, 0.15) is 33.1 Å². The molecule has 0 amide bonds. The molecular weight excluding hydrogens is 240 g/mol. The summed E-state index contributed by atoms with van der Waals surface area (Å²) < 4.78 is 27.6. The zero-order valence-corrected chi connectivity index (χ0v) is 12.9. The van der Waals surface area contributed by atoms with Crippen molar-refractivity contribution in [1.29, 1.82) is 0 Å². The maximum atomic E-state index is 11.2. The molecule has 96 valence electrons. The van der Waals surface area contributed by atoms with E-state index in [2.05, 4.69) is 20.0 Å². The molecule has 2 atom stereocenters. The van der Waals surface area contributed by atoms with Crippen molar-refractivity contribution in [2.24, 2.45) is 0 Å². The van der Waals surface area contributed by atoms with E-state index in [4.69, 9.17) is 4.18 Å². The molecule has 1 fully saturated rings. The van der Waals surface area contributed by atoms with Gasteiger partial charge in [0.05, 0.1) is 19.9 Å². The van der Waals surface area contributed by atoms with Gasteiger partial charge in [0.15, 0.2) is 0 Å². The summed E-state index contributed by atoms with van der Waals surface area (Å²) in [5, 5.41) is 0. The third kappa shape index (κ3) is 3.57. The van der Waals surface area contributed by atoms with Gasteiger partial charge < -0.3 is 0 Å². The summed E-state index contributed by atoms with van der Waals surface area (Å²) in [5.41, 5.74) is 0.109. The molecular formula is C11H24O3SSi. The third-order valence-corrected chi connectivity index (χ3v) is 8.67. The normalized spacial score (nSPS) is 30.4. The predicted molar refractivity (Wildman–Crippen MR) is 69.9 cm³/mol. The fraction of sp³-hybridized carbons (Fsp3) is 1.00. The largest absolute Gasteiger partial charge is 0.264 e. The Labute approximate surface area is 101 Å². The van der Waals surface area contributed by atoms with E-state index in [9.17, 15) is 8.42 Å². The van der Waals surface area contributed by atoms with Crippen molar-refractivity contribution in [3.05, 3.63) is 0 Å². The summed E-state index contributed by atoms with van der Waals surface area (Å²) >= 11 is 0. The van der Waals surface area contributed by atoms with Gasteiger partial charge in [-0.1, -0.05) is 38.9 Å². The Kier molecular flexibility index (Phi) is 3.92. The van der Waals surface area contributed by atoms with Crippen molar-refractivity contribution in [1.82, 2.24) is 0 Å². The zero-order valence-electron chi connectivity index (χ0n) is 11.0. The number of unbranched alkanes of at least 4 members (excludes halogenated alkanes) is 1. The minimum absolute atomic E-state index is 0.392. The van der Waals surface area contributed by atoms with Gasteiger partial charge in [-0.05, 0) is 18.9 Å². The molecule has 0 bridgehead atoms. The highest BCUT2D eigenvalue weighted by molar-refractivity contribution is 7.86. The molecule has 1 saturated carbocycles. The van der Waals surface area contributed by atoms with Crippen LogP contribution in [-0.4, -0.2) is 28.3 Å². The van der Waals surface area contributed by atoms with Crippen LogP contribution >= 0.6 is 0 Å². The average Bonchev–Trinajstić information content (AvgIpc) is 2.71. The summed E-state index contributed by atoms with van der Waals surface area (Å²) in [7, 11) is -4.63. The molecule has 0 N–H and O–H groups in total. The van der Waals surface area contributed by atoms with Crippen LogP contribution in [0.2, 0.25) is 24.7 Å². The lowest BCUT2D eigenvalue weighted by Crippen LogP contribution is -2.31. The van der Waals surface area contributed by atoms with Crippen LogP contribution in [-0.2, 0) is 14.3 Å². The van der Waals surface area contributed by atoms with Crippen LogP contribution < -0.4 is 0 Å². The highest BCUT2D eigenvalue weighted by Gasteiger charge is 2.60. The number of hydrogen-bond donors (Lipinski definition) is 0. The van der Waals surface area contributed by atoms with Gasteiger partial charge in [-0.25, -0.2) is 0 Å². The predicted octanol–water partition coefficient (Wildman–Crippen LogP) is 3.00. The van der Waals surface area contributed by atoms with Gasteiger partial charge in [0.25, 0.3) is 10.1 Å². The van der Waals surface area contributed by atoms with Gasteiger partial charge in [0.2, 0.25) is 0 Å². The third-order valence-electron chi connectivity index (χ3n) is 3.65. The first-order valence-electron chi connectivity index (χ1n) is 6.01. The van der Waals surface area contributed by atoms with Crippen LogP contribution in [0.5, 0.6) is 0 Å². The van der Waals surface area contributed by atoms with E-state index in [1.807, 2.05) is 6.92 Å². The average molecular weight is 264 g/mol. The van der Waals surface area contributed by atoms with Gasteiger partial charge in [-0.3, -0.25) is 4.18 Å². The molecule has 0 aromatic rings. The molecule has 5 heteroatoms. The van der Waals surface area contributed by atoms with Crippen LogP contribution in [0.3, 0.4) is 0 Å². The molecule has 3 nitrogen and oxygen atoms in total. The van der Waals surface area contributed by atoms with Crippen LogP contribution in [0, 0.1) is 0 Å². The molecule has 16 heavy (non-hydrogen) atoms. The lowest BCUT2D eigenvalue weighted by molar-refractivity contribution is 0.210. The Bertz CT molecular complexity index is 350. The van der Waals surface area contributed by atoms with Crippen LogP contribution in [0.15, 0.2) is 0 Å². The maximum Gasteiger partial charge on any atom is 0.264 e. The van der Waals surface area contributed by atoms with Crippen LogP contribution in [0.25, 0.3) is 0 Å². The second-order valence-corrected chi connectivity index (χ2v) is 12.7. The zero-order chi connectivity index (χ0) is 12.6. The Balaban J connectivity index is 2.60. The summed E-state index contributed by atoms with van der Waals surface area (Å²) in [6, 6.07) is 1.27. The lowest BCUT2D eigenvalue weighted by atomic mass is 10.4. The fourth-order valence-electron chi connectivity index (χ4n) is 2.69. The molecule has 0 aromatic heterocycles. The van der Waals surface area contributed by atoms with Crippen molar-refractivity contribution in [2.75, 3.05) is 6.26 Å². The van der Waals surface area contributed by atoms with E-state index in [0.717, 1.165) is 12.7 Å². The van der Waals surface area contributed by atoms with E-state index in [1.165, 1.54) is 18.9 Å². The summed E-state index contributed by atoms with van der Waals surface area (Å²) in [4.78, 5) is 0. The van der Waals surface area contributed by atoms with Crippen molar-refractivity contribution in [3.63, 3.8) is 0 Å². The summed E-state index contributed by atoms with van der Waals surface area (Å²) in [6.45, 7) is 8.84. The van der Waals surface area contributed by atoms with Crippen LogP contribution in [0.4, 0.5) is 0 Å². The van der Waals surface area contributed by atoms with E-state index >= 15 is 0 Å². The Hall–Kier alpha value is 0.127. The van der Waals surface area contributed by atoms with Gasteiger partial charge >= 0.3 is 0 Å². The monoisotopic (exact) mass is 264 g/mol. The molecule has 1 rings (SSSR count). The second-order valence-electron chi connectivity index (χ2n) is 5.95. The topological polar surface area (TPSA) is 43.4 Å². The lowest BCUT2D eigenvalue weighted by Gasteiger charge is -2.24. The molecule has 0 aliphatic heterocycles. The second kappa shape index (κ2) is 4.42. The summed E-state index contributed by atoms with van der Waals surface area (Å²) in [5.74, 6) is 0. The Morgan fingerprint density at radius 1 is 1.44 bits per heavy atom. The molecule has 0 aromatic carbocycles. The van der Waals surface area contributed by atoms with Gasteiger partial charge in [0.1, 0.15) is 0 Å². The molecule has 1 aliphatic carbocycles. The first kappa shape index (κ1) is 14.2. The SMILES string of the molecule is CCCC[Si](C)(C)[C@@H]1C[C@@]1(C)OS(C)(=O)=O. The first-order chi connectivity index (χ1) is 7.11. The van der Waals surface area contributed by atoms with E-state index in [1.54, 1.807) is 0 Å². The highest BCUT2D eigenvalue weighted by Crippen LogP contribution is 2.59. The number of hydrogen-bond acceptors (Lipinski definition) is 3. The summed E-state index contributed by atoms with van der Waals surface area (Å²) in [6.07, 6.45) is 4.54. The Morgan fingerprint density at radius 3 is 2.44 bits per heavy atom. The highest BCUT2D eigenvalue weighted by atomic mass is 32.2. The molecule has 0 unspecified atom stereocenters. The Morgan fingerprint density at radius 2 is 2.00 bits per heavy atom. The van der Waals surface area contributed by atoms with Crippen molar-refractivity contribution in [3.8, 4) is 0 Å². The standard InChI is InChI=1S/C11H24O3SSi/c1-6-7-8-16(4,5)10-9-11(10,2)14-15(3,12)13/h10H,6-9H2,1-5H3/t10-,11-/m1/s1. The molecule has 0 spiro atoms. The van der Waals surface area contributed by atoms with Gasteiger partial charge in [0, 0.05) is 0 Å². The van der Waals surface area contributed by atoms with Gasteiger partial charge in [-0.2, -0.15) is 8.42 Å². The minimum Gasteiger partial charge on any atom is -0.264 e. The number of rotatable bonds is 6. The van der Waals surface area contributed by atoms with Crippen molar-refractivity contribution >= 4 is 18.2 Å². The maximum absolute atomic E-state index is 11.2. The van der Waals surface area contributed by atoms with E-state index in [0.29, 0.717) is 5.54 Å². The molecule has 1 aliphatic rings. The quantitative estimate of drug-likeness (QED) is 0.547. The fourth-order valence-corrected chi connectivity index (χ4v) is 7.94. The van der Waals surface area contributed by atoms with Crippen molar-refractivity contribution < 1.29 is 12.6 Å². The van der Waals surface area contributed by atoms with E-state index in [-0.39, 0.29) is 0 Å². The first-order valence-corrected chi connectivity index (χ1v) is 11.1.